The first kappa shape index (κ1) is 22.5. The van der Waals surface area contributed by atoms with Crippen LogP contribution in [0.15, 0.2) is 77.7 Å². The van der Waals surface area contributed by atoms with Crippen molar-refractivity contribution in [3.05, 3.63) is 88.9 Å². The Kier molecular flexibility index (Phi) is 6.60. The van der Waals surface area contributed by atoms with Gasteiger partial charge in [0, 0.05) is 11.4 Å². The van der Waals surface area contributed by atoms with E-state index in [2.05, 4.69) is 4.98 Å². The zero-order valence-electron chi connectivity index (χ0n) is 17.4. The van der Waals surface area contributed by atoms with Crippen LogP contribution in [0.1, 0.15) is 17.5 Å². The van der Waals surface area contributed by atoms with Gasteiger partial charge in [-0.25, -0.2) is 13.4 Å². The highest BCUT2D eigenvalue weighted by Gasteiger charge is 2.24. The molecule has 0 saturated carbocycles. The van der Waals surface area contributed by atoms with Crippen molar-refractivity contribution in [1.82, 2.24) is 4.98 Å². The summed E-state index contributed by atoms with van der Waals surface area (Å²) in [6, 6.07) is 21.4. The largest absolute Gasteiger partial charge is 0.284 e. The third-order valence-corrected chi connectivity index (χ3v) is 8.02. The number of halogens is 1. The number of carbonyl (C=O) groups excluding carboxylic acids is 1. The predicted molar refractivity (Wildman–Crippen MR) is 130 cm³/mol. The summed E-state index contributed by atoms with van der Waals surface area (Å²) < 4.78 is 26.2. The fourth-order valence-electron chi connectivity index (χ4n) is 3.39. The number of fused-ring (bicyclic) bond motifs is 1. The van der Waals surface area contributed by atoms with Crippen molar-refractivity contribution < 1.29 is 13.2 Å². The highest BCUT2D eigenvalue weighted by Crippen LogP contribution is 2.34. The predicted octanol–water partition coefficient (Wildman–Crippen LogP) is 5.66. The van der Waals surface area contributed by atoms with Gasteiger partial charge in [0.25, 0.3) is 0 Å². The quantitative estimate of drug-likeness (QED) is 0.339. The van der Waals surface area contributed by atoms with E-state index in [0.29, 0.717) is 16.7 Å². The molecule has 1 aromatic heterocycles. The summed E-state index contributed by atoms with van der Waals surface area (Å²) in [6.45, 7) is 2.23. The number of sulfone groups is 1. The van der Waals surface area contributed by atoms with E-state index in [1.54, 1.807) is 35.2 Å². The minimum absolute atomic E-state index is 0.139. The Bertz CT molecular complexity index is 1350. The van der Waals surface area contributed by atoms with Gasteiger partial charge in [-0.15, -0.1) is 0 Å². The van der Waals surface area contributed by atoms with Gasteiger partial charge in [-0.3, -0.25) is 9.69 Å². The molecule has 164 valence electrons. The van der Waals surface area contributed by atoms with Crippen molar-refractivity contribution >= 4 is 54.0 Å². The summed E-state index contributed by atoms with van der Waals surface area (Å²) in [6.07, 6.45) is -0.139. The van der Waals surface area contributed by atoms with Gasteiger partial charge < -0.3 is 0 Å². The van der Waals surface area contributed by atoms with E-state index in [1.165, 1.54) is 11.3 Å². The molecule has 0 N–H and O–H groups in total. The van der Waals surface area contributed by atoms with Crippen LogP contribution in [0.2, 0.25) is 5.02 Å². The monoisotopic (exact) mass is 484 g/mol. The molecule has 0 fully saturated rings. The molecule has 1 amide bonds. The highest BCUT2D eigenvalue weighted by molar-refractivity contribution is 7.91. The lowest BCUT2D eigenvalue weighted by molar-refractivity contribution is -0.118. The number of thiazole rings is 1. The Balaban J connectivity index is 1.64. The van der Waals surface area contributed by atoms with Crippen LogP contribution in [0.4, 0.5) is 5.13 Å². The van der Waals surface area contributed by atoms with Gasteiger partial charge in [0.2, 0.25) is 5.91 Å². The summed E-state index contributed by atoms with van der Waals surface area (Å²) in [5, 5.41) is 1.14. The lowest BCUT2D eigenvalue weighted by Gasteiger charge is -2.20. The highest BCUT2D eigenvalue weighted by atomic mass is 35.5. The van der Waals surface area contributed by atoms with Crippen LogP contribution in [-0.2, 0) is 21.2 Å². The smallest absolute Gasteiger partial charge is 0.230 e. The molecule has 8 heteroatoms. The van der Waals surface area contributed by atoms with E-state index in [4.69, 9.17) is 11.6 Å². The van der Waals surface area contributed by atoms with Gasteiger partial charge in [0.05, 0.1) is 27.4 Å². The fourth-order valence-corrected chi connectivity index (χ4v) is 6.08. The SMILES string of the molecule is Cc1cc(Cl)cc2sc(N(Cc3ccccc3)C(=O)CCS(=O)(=O)c3ccccc3)nc12. The molecule has 5 nitrogen and oxygen atoms in total. The van der Waals surface area contributed by atoms with Gasteiger partial charge in [-0.1, -0.05) is 71.5 Å². The number of hydrogen-bond acceptors (Lipinski definition) is 5. The number of benzene rings is 3. The second kappa shape index (κ2) is 9.40. The van der Waals surface area contributed by atoms with E-state index in [1.807, 2.05) is 49.4 Å². The van der Waals surface area contributed by atoms with Crippen molar-refractivity contribution in [2.75, 3.05) is 10.7 Å². The number of hydrogen-bond donors (Lipinski definition) is 0. The molecular weight excluding hydrogens is 464 g/mol. The summed E-state index contributed by atoms with van der Waals surface area (Å²) in [5.41, 5.74) is 2.65. The van der Waals surface area contributed by atoms with Gasteiger partial charge in [-0.05, 0) is 42.3 Å². The number of aryl methyl sites for hydroxylation is 1. The molecule has 4 aromatic rings. The van der Waals surface area contributed by atoms with Crippen molar-refractivity contribution in [3.63, 3.8) is 0 Å². The lowest BCUT2D eigenvalue weighted by atomic mass is 10.2. The van der Waals surface area contributed by atoms with Crippen molar-refractivity contribution in [3.8, 4) is 0 Å². The maximum Gasteiger partial charge on any atom is 0.230 e. The molecule has 0 aliphatic carbocycles. The Hall–Kier alpha value is -2.74. The minimum Gasteiger partial charge on any atom is -0.284 e. The minimum atomic E-state index is -3.56. The Morgan fingerprint density at radius 3 is 2.38 bits per heavy atom. The van der Waals surface area contributed by atoms with Gasteiger partial charge in [-0.2, -0.15) is 0 Å². The molecule has 1 heterocycles. The molecule has 0 radical (unpaired) electrons. The van der Waals surface area contributed by atoms with Gasteiger partial charge >= 0.3 is 0 Å². The first-order valence-electron chi connectivity index (χ1n) is 10.0. The van der Waals surface area contributed by atoms with E-state index in [9.17, 15) is 13.2 Å². The van der Waals surface area contributed by atoms with Crippen LogP contribution in [-0.4, -0.2) is 25.1 Å². The van der Waals surface area contributed by atoms with Gasteiger partial charge in [0.15, 0.2) is 15.0 Å². The zero-order valence-corrected chi connectivity index (χ0v) is 19.8. The van der Waals surface area contributed by atoms with Crippen LogP contribution < -0.4 is 4.90 Å². The molecule has 4 rings (SSSR count). The third kappa shape index (κ3) is 5.01. The van der Waals surface area contributed by atoms with E-state index >= 15 is 0 Å². The second-order valence-electron chi connectivity index (χ2n) is 7.41. The topological polar surface area (TPSA) is 67.3 Å². The molecule has 0 spiro atoms. The van der Waals surface area contributed by atoms with Crippen molar-refractivity contribution in [1.29, 1.82) is 0 Å². The molecule has 0 saturated heterocycles. The Morgan fingerprint density at radius 2 is 1.69 bits per heavy atom. The van der Waals surface area contributed by atoms with Crippen molar-refractivity contribution in [2.45, 2.75) is 24.8 Å². The van der Waals surface area contributed by atoms with Crippen LogP contribution in [0.5, 0.6) is 0 Å². The van der Waals surface area contributed by atoms with Crippen LogP contribution in [0.3, 0.4) is 0 Å². The third-order valence-electron chi connectivity index (χ3n) is 5.04. The maximum atomic E-state index is 13.3. The Morgan fingerprint density at radius 1 is 1.03 bits per heavy atom. The lowest BCUT2D eigenvalue weighted by Crippen LogP contribution is -2.31. The van der Waals surface area contributed by atoms with Crippen LogP contribution in [0.25, 0.3) is 10.2 Å². The van der Waals surface area contributed by atoms with E-state index in [0.717, 1.165) is 21.3 Å². The second-order valence-corrected chi connectivity index (χ2v) is 11.0. The average molecular weight is 485 g/mol. The molecule has 0 atom stereocenters. The average Bonchev–Trinajstić information content (AvgIpc) is 3.21. The van der Waals surface area contributed by atoms with Crippen molar-refractivity contribution in [2.24, 2.45) is 0 Å². The first-order chi connectivity index (χ1) is 15.3. The van der Waals surface area contributed by atoms with E-state index < -0.39 is 9.84 Å². The molecule has 3 aromatic carbocycles. The molecule has 0 aliphatic heterocycles. The fraction of sp³-hybridized carbons (Fsp3) is 0.167. The first-order valence-corrected chi connectivity index (χ1v) is 12.9. The number of aromatic nitrogens is 1. The summed E-state index contributed by atoms with van der Waals surface area (Å²) >= 11 is 7.57. The molecule has 0 bridgehead atoms. The van der Waals surface area contributed by atoms with Crippen LogP contribution >= 0.6 is 22.9 Å². The number of amides is 1. The molecule has 32 heavy (non-hydrogen) atoms. The number of rotatable bonds is 7. The molecule has 0 unspecified atom stereocenters. The molecule has 0 aliphatic rings. The zero-order chi connectivity index (χ0) is 22.7. The normalized spacial score (nSPS) is 11.6. The maximum absolute atomic E-state index is 13.3. The number of carbonyl (C=O) groups is 1. The summed E-state index contributed by atoms with van der Waals surface area (Å²) in [5.74, 6) is -0.562. The number of anilines is 1. The summed E-state index contributed by atoms with van der Waals surface area (Å²) in [7, 11) is -3.56. The van der Waals surface area contributed by atoms with Gasteiger partial charge in [0.1, 0.15) is 0 Å². The van der Waals surface area contributed by atoms with E-state index in [-0.39, 0.29) is 23.0 Å². The summed E-state index contributed by atoms with van der Waals surface area (Å²) in [4.78, 5) is 19.7. The van der Waals surface area contributed by atoms with Crippen LogP contribution in [0, 0.1) is 6.92 Å². The molecular formula is C24H21ClN2O3S2. The number of nitrogens with zero attached hydrogens (tertiary/aromatic N) is 2. The standard InChI is InChI=1S/C24H21ClN2O3S2/c1-17-14-19(25)15-21-23(17)26-24(31-21)27(16-18-8-4-2-5-9-18)22(28)12-13-32(29,30)20-10-6-3-7-11-20/h2-11,14-15H,12-13,16H2,1H3. The Labute approximate surface area is 196 Å².